The number of pyridine rings is 1. The molecule has 1 fully saturated rings. The first-order valence-corrected chi connectivity index (χ1v) is 7.69. The molecule has 2 heterocycles. The van der Waals surface area contributed by atoms with E-state index in [1.165, 1.54) is 18.3 Å². The largest absolute Gasteiger partial charge is 0.384 e. The summed E-state index contributed by atoms with van der Waals surface area (Å²) in [5.74, 6) is 0.702. The predicted molar refractivity (Wildman–Crippen MR) is 70.4 cm³/mol. The van der Waals surface area contributed by atoms with E-state index in [-0.39, 0.29) is 10.7 Å². The van der Waals surface area contributed by atoms with Crippen molar-refractivity contribution in [3.8, 4) is 0 Å². The lowest BCUT2D eigenvalue weighted by Gasteiger charge is -2.31. The van der Waals surface area contributed by atoms with E-state index in [1.54, 1.807) is 4.31 Å². The zero-order valence-corrected chi connectivity index (χ0v) is 11.4. The van der Waals surface area contributed by atoms with Crippen molar-refractivity contribution in [1.82, 2.24) is 9.29 Å². The average molecular weight is 269 g/mol. The maximum Gasteiger partial charge on any atom is 0.243 e. The highest BCUT2D eigenvalue weighted by Crippen LogP contribution is 2.25. The fraction of sp³-hybridized carbons (Fsp3) is 0.583. The van der Waals surface area contributed by atoms with Crippen LogP contribution in [-0.4, -0.2) is 30.8 Å². The van der Waals surface area contributed by atoms with Gasteiger partial charge in [0.05, 0.1) is 4.90 Å². The fourth-order valence-electron chi connectivity index (χ4n) is 2.32. The molecular weight excluding hydrogens is 250 g/mol. The molecular formula is C12H19N3O2S. The molecule has 100 valence electrons. The van der Waals surface area contributed by atoms with Crippen LogP contribution in [0.2, 0.25) is 0 Å². The van der Waals surface area contributed by atoms with E-state index in [0.29, 0.717) is 19.0 Å². The lowest BCUT2D eigenvalue weighted by molar-refractivity contribution is 0.261. The number of rotatable bonds is 3. The highest BCUT2D eigenvalue weighted by molar-refractivity contribution is 7.89. The van der Waals surface area contributed by atoms with Gasteiger partial charge in [0.25, 0.3) is 0 Å². The summed E-state index contributed by atoms with van der Waals surface area (Å²) in [5, 5.41) is 0. The number of aromatic nitrogens is 1. The van der Waals surface area contributed by atoms with Gasteiger partial charge in [0.1, 0.15) is 5.82 Å². The van der Waals surface area contributed by atoms with E-state index in [1.807, 2.05) is 0 Å². The Hall–Kier alpha value is -1.14. The highest BCUT2D eigenvalue weighted by Gasteiger charge is 2.29. The molecule has 0 aromatic carbocycles. The van der Waals surface area contributed by atoms with Crippen molar-refractivity contribution in [2.24, 2.45) is 5.92 Å². The molecule has 1 aliphatic rings. The molecule has 1 aliphatic heterocycles. The third kappa shape index (κ3) is 2.64. The molecule has 2 rings (SSSR count). The second-order valence-electron chi connectivity index (χ2n) is 4.70. The normalized spacial score (nSPS) is 21.9. The second-order valence-corrected chi connectivity index (χ2v) is 6.63. The Labute approximate surface area is 108 Å². The first-order valence-electron chi connectivity index (χ1n) is 6.25. The molecule has 0 bridgehead atoms. The van der Waals surface area contributed by atoms with Gasteiger partial charge in [0.2, 0.25) is 10.0 Å². The maximum atomic E-state index is 12.4. The average Bonchev–Trinajstić information content (AvgIpc) is 2.39. The minimum Gasteiger partial charge on any atom is -0.384 e. The van der Waals surface area contributed by atoms with Crippen molar-refractivity contribution >= 4 is 15.8 Å². The van der Waals surface area contributed by atoms with Gasteiger partial charge in [-0.05, 0) is 24.8 Å². The first kappa shape index (κ1) is 13.3. The van der Waals surface area contributed by atoms with Gasteiger partial charge in [-0.2, -0.15) is 4.31 Å². The van der Waals surface area contributed by atoms with Gasteiger partial charge in [-0.15, -0.1) is 0 Å². The Morgan fingerprint density at radius 2 is 2.33 bits per heavy atom. The van der Waals surface area contributed by atoms with E-state index in [2.05, 4.69) is 11.9 Å². The quantitative estimate of drug-likeness (QED) is 0.901. The van der Waals surface area contributed by atoms with E-state index in [9.17, 15) is 8.42 Å². The van der Waals surface area contributed by atoms with Crippen LogP contribution in [0.3, 0.4) is 0 Å². The SMILES string of the molecule is CCC1CCCN(S(=O)(=O)c2ccnc(N)c2)C1. The Bertz CT molecular complexity index is 516. The van der Waals surface area contributed by atoms with Crippen molar-refractivity contribution in [3.63, 3.8) is 0 Å². The summed E-state index contributed by atoms with van der Waals surface area (Å²) in [4.78, 5) is 4.07. The molecule has 1 aromatic rings. The van der Waals surface area contributed by atoms with Crippen molar-refractivity contribution < 1.29 is 8.42 Å². The molecule has 2 N–H and O–H groups in total. The van der Waals surface area contributed by atoms with Crippen LogP contribution in [-0.2, 0) is 10.0 Å². The molecule has 5 nitrogen and oxygen atoms in total. The molecule has 6 heteroatoms. The van der Waals surface area contributed by atoms with Crippen LogP contribution in [0.4, 0.5) is 5.82 Å². The zero-order chi connectivity index (χ0) is 13.2. The van der Waals surface area contributed by atoms with Crippen LogP contribution in [0.5, 0.6) is 0 Å². The molecule has 1 unspecified atom stereocenters. The molecule has 1 aromatic heterocycles. The Balaban J connectivity index is 2.25. The summed E-state index contributed by atoms with van der Waals surface area (Å²) in [6.07, 6.45) is 4.49. The van der Waals surface area contributed by atoms with Crippen LogP contribution >= 0.6 is 0 Å². The van der Waals surface area contributed by atoms with E-state index >= 15 is 0 Å². The predicted octanol–water partition coefficient (Wildman–Crippen LogP) is 1.47. The van der Waals surface area contributed by atoms with Crippen molar-refractivity contribution in [3.05, 3.63) is 18.3 Å². The van der Waals surface area contributed by atoms with Gasteiger partial charge in [-0.25, -0.2) is 13.4 Å². The summed E-state index contributed by atoms with van der Waals surface area (Å²) >= 11 is 0. The third-order valence-corrected chi connectivity index (χ3v) is 5.31. The standard InChI is InChI=1S/C12H19N3O2S/c1-2-10-4-3-7-15(9-10)18(16,17)11-5-6-14-12(13)8-11/h5-6,8,10H,2-4,7,9H2,1H3,(H2,13,14). The Morgan fingerprint density at radius 1 is 1.56 bits per heavy atom. The highest BCUT2D eigenvalue weighted by atomic mass is 32.2. The van der Waals surface area contributed by atoms with Crippen LogP contribution < -0.4 is 5.73 Å². The number of anilines is 1. The van der Waals surface area contributed by atoms with Crippen LogP contribution in [0, 0.1) is 5.92 Å². The smallest absolute Gasteiger partial charge is 0.243 e. The molecule has 0 amide bonds. The lowest BCUT2D eigenvalue weighted by atomic mass is 9.97. The third-order valence-electron chi connectivity index (χ3n) is 3.45. The van der Waals surface area contributed by atoms with Crippen LogP contribution in [0.25, 0.3) is 0 Å². The fourth-order valence-corrected chi connectivity index (χ4v) is 3.89. The summed E-state index contributed by atoms with van der Waals surface area (Å²) in [6.45, 7) is 3.31. The first-order chi connectivity index (χ1) is 8.54. The number of nitrogens with zero attached hydrogens (tertiary/aromatic N) is 2. The minimum atomic E-state index is -3.41. The molecule has 0 spiro atoms. The number of nitrogen functional groups attached to an aromatic ring is 1. The number of nitrogens with two attached hydrogens (primary N) is 1. The van der Waals surface area contributed by atoms with E-state index in [4.69, 9.17) is 5.73 Å². The van der Waals surface area contributed by atoms with Gasteiger partial charge >= 0.3 is 0 Å². The minimum absolute atomic E-state index is 0.236. The second kappa shape index (κ2) is 5.24. The van der Waals surface area contributed by atoms with Crippen molar-refractivity contribution in [1.29, 1.82) is 0 Å². The maximum absolute atomic E-state index is 12.4. The Kier molecular flexibility index (Phi) is 3.87. The van der Waals surface area contributed by atoms with Crippen LogP contribution in [0.15, 0.2) is 23.2 Å². The lowest BCUT2D eigenvalue weighted by Crippen LogP contribution is -2.39. The van der Waals surface area contributed by atoms with Gasteiger partial charge in [-0.3, -0.25) is 0 Å². The van der Waals surface area contributed by atoms with Crippen molar-refractivity contribution in [2.45, 2.75) is 31.1 Å². The van der Waals surface area contributed by atoms with Gasteiger partial charge in [0, 0.05) is 25.4 Å². The number of sulfonamides is 1. The summed E-state index contributed by atoms with van der Waals surface area (Å²) in [7, 11) is -3.41. The zero-order valence-electron chi connectivity index (χ0n) is 10.5. The molecule has 1 atom stereocenters. The van der Waals surface area contributed by atoms with Crippen LogP contribution in [0.1, 0.15) is 26.2 Å². The van der Waals surface area contributed by atoms with Gasteiger partial charge < -0.3 is 5.73 Å². The molecule has 0 radical (unpaired) electrons. The molecule has 0 aliphatic carbocycles. The number of piperidine rings is 1. The Morgan fingerprint density at radius 3 is 3.00 bits per heavy atom. The van der Waals surface area contributed by atoms with Gasteiger partial charge in [-0.1, -0.05) is 13.3 Å². The van der Waals surface area contributed by atoms with Crippen molar-refractivity contribution in [2.75, 3.05) is 18.8 Å². The molecule has 0 saturated carbocycles. The van der Waals surface area contributed by atoms with E-state index in [0.717, 1.165) is 19.3 Å². The molecule has 18 heavy (non-hydrogen) atoms. The topological polar surface area (TPSA) is 76.3 Å². The molecule has 1 saturated heterocycles. The summed E-state index contributed by atoms with van der Waals surface area (Å²) < 4.78 is 26.5. The summed E-state index contributed by atoms with van der Waals surface area (Å²) in [6, 6.07) is 2.92. The number of hydrogen-bond acceptors (Lipinski definition) is 4. The number of hydrogen-bond donors (Lipinski definition) is 1. The summed E-state index contributed by atoms with van der Waals surface area (Å²) in [5.41, 5.74) is 5.54. The monoisotopic (exact) mass is 269 g/mol. The van der Waals surface area contributed by atoms with E-state index < -0.39 is 10.0 Å². The van der Waals surface area contributed by atoms with Gasteiger partial charge in [0.15, 0.2) is 0 Å².